The van der Waals surface area contributed by atoms with Crippen LogP contribution in [0.4, 0.5) is 0 Å². The largest absolute Gasteiger partial charge is 0.355 e. The van der Waals surface area contributed by atoms with Crippen molar-refractivity contribution in [2.24, 2.45) is 0 Å². The van der Waals surface area contributed by atoms with Crippen LogP contribution in [0.25, 0.3) is 11.1 Å². The zero-order valence-corrected chi connectivity index (χ0v) is 11.2. The molecule has 3 heteroatoms. The molecule has 1 N–H and O–H groups in total. The van der Waals surface area contributed by atoms with Crippen LogP contribution in [0.1, 0.15) is 12.0 Å². The average molecular weight is 264 g/mol. The molecule has 0 fully saturated rings. The minimum absolute atomic E-state index is 0.0764. The van der Waals surface area contributed by atoms with Crippen molar-refractivity contribution in [1.82, 2.24) is 5.32 Å². The Morgan fingerprint density at radius 2 is 1.65 bits per heavy atom. The maximum Gasteiger partial charge on any atom is 0.234 e. The Bertz CT molecular complexity index is 597. The monoisotopic (exact) mass is 264 g/mol. The molecule has 20 heavy (non-hydrogen) atoms. The first-order valence-corrected chi connectivity index (χ1v) is 6.57. The fourth-order valence-electron chi connectivity index (χ4n) is 1.98. The lowest BCUT2D eigenvalue weighted by Crippen LogP contribution is -2.24. The van der Waals surface area contributed by atoms with E-state index in [4.69, 9.17) is 5.26 Å². The summed E-state index contributed by atoms with van der Waals surface area (Å²) in [4.78, 5) is 11.1. The normalized spacial score (nSPS) is 9.75. The number of amides is 1. The second-order valence-corrected chi connectivity index (χ2v) is 4.50. The molecule has 100 valence electrons. The molecule has 0 saturated heterocycles. The highest BCUT2D eigenvalue weighted by Gasteiger charge is 2.00. The van der Waals surface area contributed by atoms with E-state index in [1.165, 1.54) is 16.7 Å². The molecule has 2 aromatic carbocycles. The van der Waals surface area contributed by atoms with Crippen molar-refractivity contribution in [3.05, 3.63) is 60.2 Å². The lowest BCUT2D eigenvalue weighted by molar-refractivity contribution is -0.120. The van der Waals surface area contributed by atoms with Gasteiger partial charge in [-0.15, -0.1) is 0 Å². The van der Waals surface area contributed by atoms with Crippen molar-refractivity contribution < 1.29 is 4.79 Å². The molecule has 0 aliphatic heterocycles. The van der Waals surface area contributed by atoms with Crippen LogP contribution >= 0.6 is 0 Å². The van der Waals surface area contributed by atoms with Gasteiger partial charge in [-0.1, -0.05) is 54.6 Å². The summed E-state index contributed by atoms with van der Waals surface area (Å²) in [7, 11) is 0. The summed E-state index contributed by atoms with van der Waals surface area (Å²) in [5.41, 5.74) is 3.55. The van der Waals surface area contributed by atoms with Crippen molar-refractivity contribution in [1.29, 1.82) is 5.26 Å². The summed E-state index contributed by atoms with van der Waals surface area (Å²) >= 11 is 0. The Kier molecular flexibility index (Phi) is 4.91. The molecule has 0 radical (unpaired) electrons. The first kappa shape index (κ1) is 13.8. The summed E-state index contributed by atoms with van der Waals surface area (Å²) in [5, 5.41) is 11.1. The van der Waals surface area contributed by atoms with Gasteiger partial charge in [0.2, 0.25) is 5.91 Å². The topological polar surface area (TPSA) is 52.9 Å². The highest BCUT2D eigenvalue weighted by Crippen LogP contribution is 2.19. The number of rotatable bonds is 5. The molecular formula is C17H16N2O. The number of hydrogen-bond donors (Lipinski definition) is 1. The first-order chi connectivity index (χ1) is 9.79. The molecule has 2 rings (SSSR count). The smallest absolute Gasteiger partial charge is 0.234 e. The number of nitrogens with zero attached hydrogens (tertiary/aromatic N) is 1. The van der Waals surface area contributed by atoms with Gasteiger partial charge in [0.15, 0.2) is 0 Å². The van der Waals surface area contributed by atoms with E-state index in [1.807, 2.05) is 24.3 Å². The van der Waals surface area contributed by atoms with E-state index in [0.717, 1.165) is 6.42 Å². The number of nitrogens with one attached hydrogen (secondary N) is 1. The molecule has 0 aliphatic rings. The van der Waals surface area contributed by atoms with Crippen LogP contribution in [0, 0.1) is 11.3 Å². The molecular weight excluding hydrogens is 248 g/mol. The van der Waals surface area contributed by atoms with Gasteiger partial charge in [-0.25, -0.2) is 0 Å². The zero-order chi connectivity index (χ0) is 14.2. The van der Waals surface area contributed by atoms with E-state index in [9.17, 15) is 4.79 Å². The summed E-state index contributed by atoms with van der Waals surface area (Å²) in [5.74, 6) is -0.214. The number of carbonyl (C=O) groups is 1. The molecule has 0 spiro atoms. The lowest BCUT2D eigenvalue weighted by Gasteiger charge is -2.05. The quantitative estimate of drug-likeness (QED) is 0.902. The van der Waals surface area contributed by atoms with E-state index in [0.29, 0.717) is 6.54 Å². The second kappa shape index (κ2) is 7.10. The average Bonchev–Trinajstić information content (AvgIpc) is 2.49. The summed E-state index contributed by atoms with van der Waals surface area (Å²) < 4.78 is 0. The van der Waals surface area contributed by atoms with Gasteiger partial charge in [0.1, 0.15) is 6.42 Å². The third-order valence-electron chi connectivity index (χ3n) is 3.04. The van der Waals surface area contributed by atoms with Gasteiger partial charge in [-0.3, -0.25) is 4.79 Å². The standard InChI is InChI=1S/C17H16N2O/c18-12-10-17(20)19-13-11-14-6-8-16(9-7-14)15-4-2-1-3-5-15/h1-9H,10-11,13H2,(H,19,20). The van der Waals surface area contributed by atoms with E-state index in [-0.39, 0.29) is 12.3 Å². The van der Waals surface area contributed by atoms with Crippen LogP contribution in [0.2, 0.25) is 0 Å². The van der Waals surface area contributed by atoms with Crippen molar-refractivity contribution in [3.8, 4) is 17.2 Å². The van der Waals surface area contributed by atoms with Crippen LogP contribution in [0.3, 0.4) is 0 Å². The summed E-state index contributed by atoms with van der Waals surface area (Å²) in [6, 6.07) is 20.3. The van der Waals surface area contributed by atoms with Gasteiger partial charge in [0, 0.05) is 6.54 Å². The minimum atomic E-state index is -0.214. The Morgan fingerprint density at radius 3 is 2.30 bits per heavy atom. The molecule has 0 bridgehead atoms. The van der Waals surface area contributed by atoms with Gasteiger partial charge in [-0.05, 0) is 23.1 Å². The number of carbonyl (C=O) groups excluding carboxylic acids is 1. The summed E-state index contributed by atoms with van der Waals surface area (Å²) in [6.07, 6.45) is 0.694. The van der Waals surface area contributed by atoms with Gasteiger partial charge in [-0.2, -0.15) is 5.26 Å². The summed E-state index contributed by atoms with van der Waals surface area (Å²) in [6.45, 7) is 0.561. The van der Waals surface area contributed by atoms with Crippen LogP contribution < -0.4 is 5.32 Å². The van der Waals surface area contributed by atoms with Gasteiger partial charge < -0.3 is 5.32 Å². The molecule has 1 amide bonds. The van der Waals surface area contributed by atoms with Crippen molar-refractivity contribution in [2.45, 2.75) is 12.8 Å². The molecule has 3 nitrogen and oxygen atoms in total. The lowest BCUT2D eigenvalue weighted by atomic mass is 10.0. The Hall–Kier alpha value is -2.60. The van der Waals surface area contributed by atoms with Gasteiger partial charge in [0.05, 0.1) is 6.07 Å². The highest BCUT2D eigenvalue weighted by atomic mass is 16.1. The second-order valence-electron chi connectivity index (χ2n) is 4.50. The van der Waals surface area contributed by atoms with Crippen molar-refractivity contribution in [3.63, 3.8) is 0 Å². The van der Waals surface area contributed by atoms with Crippen molar-refractivity contribution >= 4 is 5.91 Å². The zero-order valence-electron chi connectivity index (χ0n) is 11.2. The molecule has 0 unspecified atom stereocenters. The SMILES string of the molecule is N#CCC(=O)NCCc1ccc(-c2ccccc2)cc1. The molecule has 2 aromatic rings. The third kappa shape index (κ3) is 3.96. The molecule has 0 aliphatic carbocycles. The highest BCUT2D eigenvalue weighted by molar-refractivity contribution is 5.77. The predicted octanol–water partition coefficient (Wildman–Crippen LogP) is 2.93. The maximum atomic E-state index is 11.1. The third-order valence-corrected chi connectivity index (χ3v) is 3.04. The van der Waals surface area contributed by atoms with Crippen LogP contribution in [0.5, 0.6) is 0 Å². The Morgan fingerprint density at radius 1 is 1.00 bits per heavy atom. The first-order valence-electron chi connectivity index (χ1n) is 6.57. The van der Waals surface area contributed by atoms with E-state index in [1.54, 1.807) is 0 Å². The Balaban J connectivity index is 1.89. The number of nitriles is 1. The number of benzene rings is 2. The van der Waals surface area contributed by atoms with Gasteiger partial charge >= 0.3 is 0 Å². The van der Waals surface area contributed by atoms with Crippen LogP contribution in [-0.2, 0) is 11.2 Å². The van der Waals surface area contributed by atoms with E-state index < -0.39 is 0 Å². The Labute approximate surface area is 118 Å². The van der Waals surface area contributed by atoms with E-state index >= 15 is 0 Å². The predicted molar refractivity (Wildman–Crippen MR) is 78.8 cm³/mol. The van der Waals surface area contributed by atoms with Gasteiger partial charge in [0.25, 0.3) is 0 Å². The maximum absolute atomic E-state index is 11.1. The fraction of sp³-hybridized carbons (Fsp3) is 0.176. The fourth-order valence-corrected chi connectivity index (χ4v) is 1.98. The van der Waals surface area contributed by atoms with Crippen molar-refractivity contribution in [2.75, 3.05) is 6.54 Å². The van der Waals surface area contributed by atoms with Crippen LogP contribution in [0.15, 0.2) is 54.6 Å². The molecule has 0 saturated carbocycles. The molecule has 0 atom stereocenters. The minimum Gasteiger partial charge on any atom is -0.355 e. The van der Waals surface area contributed by atoms with E-state index in [2.05, 4.69) is 41.7 Å². The van der Waals surface area contributed by atoms with Crippen LogP contribution in [-0.4, -0.2) is 12.5 Å². The molecule has 0 aromatic heterocycles. The number of hydrogen-bond acceptors (Lipinski definition) is 2. The molecule has 0 heterocycles.